The van der Waals surface area contributed by atoms with Crippen LogP contribution in [-0.4, -0.2) is 55.0 Å². The molecule has 0 saturated carbocycles. The van der Waals surface area contributed by atoms with Gasteiger partial charge in [0.05, 0.1) is 5.92 Å². The first-order valence-electron chi connectivity index (χ1n) is 7.13. The number of carbonyl (C=O) groups excluding carboxylic acids is 1. The van der Waals surface area contributed by atoms with E-state index in [2.05, 4.69) is 11.5 Å². The number of hydrogen-bond acceptors (Lipinski definition) is 3. The molecule has 108 valence electrons. The Balaban J connectivity index is 1.98. The predicted molar refractivity (Wildman–Crippen MR) is 81.5 cm³/mol. The maximum absolute atomic E-state index is 12.6. The van der Waals surface area contributed by atoms with Gasteiger partial charge in [-0.15, -0.1) is 6.58 Å². The Morgan fingerprint density at radius 3 is 2.45 bits per heavy atom. The minimum Gasteiger partial charge on any atom is -0.340 e. The lowest BCUT2D eigenvalue weighted by molar-refractivity contribution is -0.134. The van der Waals surface area contributed by atoms with Gasteiger partial charge in [-0.2, -0.15) is 0 Å². The molecule has 0 spiro atoms. The van der Waals surface area contributed by atoms with Crippen LogP contribution in [0, 0.1) is 0 Å². The topological polar surface area (TPSA) is 49.6 Å². The molecule has 1 saturated heterocycles. The van der Waals surface area contributed by atoms with E-state index in [4.69, 9.17) is 5.73 Å². The van der Waals surface area contributed by atoms with Crippen molar-refractivity contribution in [1.82, 2.24) is 9.80 Å². The first kappa shape index (κ1) is 14.8. The van der Waals surface area contributed by atoms with Crippen LogP contribution in [0.3, 0.4) is 0 Å². The molecule has 0 aromatic heterocycles. The molecular formula is C16H23N3O. The van der Waals surface area contributed by atoms with Crippen molar-refractivity contribution in [2.75, 3.05) is 39.3 Å². The molecule has 1 aliphatic rings. The molecule has 0 radical (unpaired) electrons. The van der Waals surface area contributed by atoms with E-state index in [0.717, 1.165) is 38.3 Å². The van der Waals surface area contributed by atoms with Crippen molar-refractivity contribution in [2.24, 2.45) is 5.73 Å². The maximum atomic E-state index is 12.6. The van der Waals surface area contributed by atoms with Crippen LogP contribution in [0.25, 0.3) is 0 Å². The fourth-order valence-electron chi connectivity index (χ4n) is 2.62. The van der Waals surface area contributed by atoms with Gasteiger partial charge in [-0.25, -0.2) is 0 Å². The van der Waals surface area contributed by atoms with E-state index in [1.54, 1.807) is 0 Å². The minimum absolute atomic E-state index is 0.150. The van der Waals surface area contributed by atoms with Crippen LogP contribution < -0.4 is 5.73 Å². The third kappa shape index (κ3) is 3.46. The number of carbonyl (C=O) groups is 1. The third-order valence-corrected chi connectivity index (χ3v) is 3.81. The van der Waals surface area contributed by atoms with Gasteiger partial charge in [-0.1, -0.05) is 36.4 Å². The number of rotatable bonds is 5. The fourth-order valence-corrected chi connectivity index (χ4v) is 2.62. The van der Waals surface area contributed by atoms with Crippen molar-refractivity contribution in [3.8, 4) is 0 Å². The molecule has 1 aromatic rings. The average molecular weight is 273 g/mol. The molecule has 0 aliphatic carbocycles. The Morgan fingerprint density at radius 1 is 1.25 bits per heavy atom. The molecule has 1 heterocycles. The van der Waals surface area contributed by atoms with Crippen LogP contribution in [0.2, 0.25) is 0 Å². The number of piperazine rings is 1. The normalized spacial score (nSPS) is 17.8. The van der Waals surface area contributed by atoms with E-state index < -0.39 is 0 Å². The SMILES string of the molecule is C=CCN1CCN(C(=O)C(CN)c2ccccc2)CC1. The summed E-state index contributed by atoms with van der Waals surface area (Å²) < 4.78 is 0. The van der Waals surface area contributed by atoms with E-state index in [1.165, 1.54) is 0 Å². The number of nitrogens with two attached hydrogens (primary N) is 1. The second kappa shape index (κ2) is 7.22. The lowest BCUT2D eigenvalue weighted by Gasteiger charge is -2.35. The highest BCUT2D eigenvalue weighted by molar-refractivity contribution is 5.84. The maximum Gasteiger partial charge on any atom is 0.231 e. The van der Waals surface area contributed by atoms with Gasteiger partial charge >= 0.3 is 0 Å². The van der Waals surface area contributed by atoms with Crippen molar-refractivity contribution in [3.05, 3.63) is 48.6 Å². The van der Waals surface area contributed by atoms with Crippen molar-refractivity contribution < 1.29 is 4.79 Å². The predicted octanol–water partition coefficient (Wildman–Crippen LogP) is 1.06. The zero-order chi connectivity index (χ0) is 14.4. The van der Waals surface area contributed by atoms with Crippen molar-refractivity contribution >= 4 is 5.91 Å². The van der Waals surface area contributed by atoms with Gasteiger partial charge in [0.2, 0.25) is 5.91 Å². The summed E-state index contributed by atoms with van der Waals surface area (Å²) in [4.78, 5) is 16.8. The molecule has 1 aliphatic heterocycles. The zero-order valence-electron chi connectivity index (χ0n) is 11.9. The smallest absolute Gasteiger partial charge is 0.231 e. The highest BCUT2D eigenvalue weighted by Gasteiger charge is 2.27. The standard InChI is InChI=1S/C16H23N3O/c1-2-8-18-9-11-19(12-10-18)16(20)15(13-17)14-6-4-3-5-7-14/h2-7,15H,1,8-13,17H2. The summed E-state index contributed by atoms with van der Waals surface area (Å²) in [6.07, 6.45) is 1.91. The van der Waals surface area contributed by atoms with Gasteiger partial charge in [0, 0.05) is 39.3 Å². The average Bonchev–Trinajstić information content (AvgIpc) is 2.50. The van der Waals surface area contributed by atoms with Crippen molar-refractivity contribution in [2.45, 2.75) is 5.92 Å². The molecule has 0 bridgehead atoms. The summed E-state index contributed by atoms with van der Waals surface area (Å²) in [5, 5.41) is 0. The summed E-state index contributed by atoms with van der Waals surface area (Å²) in [5.74, 6) is -0.0703. The van der Waals surface area contributed by atoms with Gasteiger partial charge < -0.3 is 10.6 Å². The van der Waals surface area contributed by atoms with Crippen LogP contribution >= 0.6 is 0 Å². The van der Waals surface area contributed by atoms with E-state index in [0.29, 0.717) is 6.54 Å². The minimum atomic E-state index is -0.220. The Kier molecular flexibility index (Phi) is 5.32. The molecule has 1 aromatic carbocycles. The Morgan fingerprint density at radius 2 is 1.90 bits per heavy atom. The Hall–Kier alpha value is -1.65. The highest BCUT2D eigenvalue weighted by atomic mass is 16.2. The van der Waals surface area contributed by atoms with Gasteiger partial charge in [0.15, 0.2) is 0 Å². The number of benzene rings is 1. The molecular weight excluding hydrogens is 250 g/mol. The third-order valence-electron chi connectivity index (χ3n) is 3.81. The molecule has 2 N–H and O–H groups in total. The summed E-state index contributed by atoms with van der Waals surface area (Å²) in [5.41, 5.74) is 6.82. The molecule has 2 rings (SSSR count). The summed E-state index contributed by atoms with van der Waals surface area (Å²) in [6, 6.07) is 9.81. The van der Waals surface area contributed by atoms with E-state index in [1.807, 2.05) is 41.3 Å². The molecule has 1 fully saturated rings. The van der Waals surface area contributed by atoms with Crippen LogP contribution in [0.4, 0.5) is 0 Å². The van der Waals surface area contributed by atoms with Crippen molar-refractivity contribution in [3.63, 3.8) is 0 Å². The van der Waals surface area contributed by atoms with Gasteiger partial charge in [0.1, 0.15) is 0 Å². The van der Waals surface area contributed by atoms with Crippen LogP contribution in [-0.2, 0) is 4.79 Å². The lowest BCUT2D eigenvalue weighted by Crippen LogP contribution is -2.50. The zero-order valence-corrected chi connectivity index (χ0v) is 11.9. The first-order valence-corrected chi connectivity index (χ1v) is 7.13. The Bertz CT molecular complexity index is 438. The molecule has 4 heteroatoms. The van der Waals surface area contributed by atoms with Crippen LogP contribution in [0.15, 0.2) is 43.0 Å². The number of hydrogen-bond donors (Lipinski definition) is 1. The quantitative estimate of drug-likeness (QED) is 0.816. The fraction of sp³-hybridized carbons (Fsp3) is 0.438. The highest BCUT2D eigenvalue weighted by Crippen LogP contribution is 2.18. The summed E-state index contributed by atoms with van der Waals surface area (Å²) >= 11 is 0. The Labute approximate surface area is 120 Å². The van der Waals surface area contributed by atoms with Crippen molar-refractivity contribution in [1.29, 1.82) is 0 Å². The molecule has 1 amide bonds. The lowest BCUT2D eigenvalue weighted by atomic mass is 9.97. The summed E-state index contributed by atoms with van der Waals surface area (Å²) in [6.45, 7) is 8.36. The first-order chi connectivity index (χ1) is 9.76. The second-order valence-electron chi connectivity index (χ2n) is 5.11. The monoisotopic (exact) mass is 273 g/mol. The number of amides is 1. The van der Waals surface area contributed by atoms with Crippen LogP contribution in [0.5, 0.6) is 0 Å². The summed E-state index contributed by atoms with van der Waals surface area (Å²) in [7, 11) is 0. The molecule has 1 unspecified atom stereocenters. The van der Waals surface area contributed by atoms with Gasteiger partial charge in [-0.3, -0.25) is 9.69 Å². The van der Waals surface area contributed by atoms with Gasteiger partial charge in [0.25, 0.3) is 0 Å². The molecule has 20 heavy (non-hydrogen) atoms. The van der Waals surface area contributed by atoms with Crippen LogP contribution in [0.1, 0.15) is 11.5 Å². The van der Waals surface area contributed by atoms with E-state index in [9.17, 15) is 4.79 Å². The largest absolute Gasteiger partial charge is 0.340 e. The second-order valence-corrected chi connectivity index (χ2v) is 5.11. The van der Waals surface area contributed by atoms with E-state index >= 15 is 0 Å². The van der Waals surface area contributed by atoms with E-state index in [-0.39, 0.29) is 11.8 Å². The number of nitrogens with zero attached hydrogens (tertiary/aromatic N) is 2. The molecule has 1 atom stereocenters. The molecule has 4 nitrogen and oxygen atoms in total. The van der Waals surface area contributed by atoms with Gasteiger partial charge in [-0.05, 0) is 5.56 Å².